The van der Waals surface area contributed by atoms with Gasteiger partial charge in [-0.15, -0.1) is 0 Å². The van der Waals surface area contributed by atoms with Crippen LogP contribution in [0.3, 0.4) is 0 Å². The lowest BCUT2D eigenvalue weighted by molar-refractivity contribution is -0.0277. The lowest BCUT2D eigenvalue weighted by Crippen LogP contribution is -2.42. The minimum Gasteiger partial charge on any atom is -0.366 e. The fourth-order valence-electron chi connectivity index (χ4n) is 3.16. The number of carbonyl (C=O) groups excluding carboxylic acids is 1. The summed E-state index contributed by atoms with van der Waals surface area (Å²) in [4.78, 5) is 24.9. The van der Waals surface area contributed by atoms with Gasteiger partial charge in [-0.2, -0.15) is 4.98 Å². The van der Waals surface area contributed by atoms with E-state index < -0.39 is 6.10 Å². The Labute approximate surface area is 173 Å². The second kappa shape index (κ2) is 8.34. The summed E-state index contributed by atoms with van der Waals surface area (Å²) < 4.78 is 10.8. The zero-order valence-electron chi connectivity index (χ0n) is 16.6. The summed E-state index contributed by atoms with van der Waals surface area (Å²) in [5.41, 5.74) is 2.92. The Hall–Kier alpha value is -2.71. The van der Waals surface area contributed by atoms with Crippen molar-refractivity contribution in [3.05, 3.63) is 64.9 Å². The van der Waals surface area contributed by atoms with Gasteiger partial charge in [-0.1, -0.05) is 29.1 Å². The van der Waals surface area contributed by atoms with E-state index in [0.29, 0.717) is 42.0 Å². The molecule has 0 bridgehead atoms. The molecule has 4 rings (SSSR count). The quantitative estimate of drug-likeness (QED) is 0.648. The molecule has 8 heteroatoms. The van der Waals surface area contributed by atoms with E-state index in [-0.39, 0.29) is 5.91 Å². The largest absolute Gasteiger partial charge is 0.366 e. The van der Waals surface area contributed by atoms with Gasteiger partial charge in [-0.05, 0) is 43.2 Å². The van der Waals surface area contributed by atoms with Crippen LogP contribution in [0.5, 0.6) is 0 Å². The molecule has 1 aromatic carbocycles. The summed E-state index contributed by atoms with van der Waals surface area (Å²) in [5.74, 6) is 0.877. The van der Waals surface area contributed by atoms with Crippen LogP contribution >= 0.6 is 11.8 Å². The van der Waals surface area contributed by atoms with Crippen LogP contribution in [0.15, 0.2) is 51.0 Å². The van der Waals surface area contributed by atoms with Gasteiger partial charge < -0.3 is 14.2 Å². The molecule has 1 atom stereocenters. The summed E-state index contributed by atoms with van der Waals surface area (Å²) in [6.45, 7) is 7.15. The lowest BCUT2D eigenvalue weighted by Gasteiger charge is -2.31. The predicted octanol–water partition coefficient (Wildman–Crippen LogP) is 3.75. The van der Waals surface area contributed by atoms with Gasteiger partial charge in [-0.25, -0.2) is 4.98 Å². The molecule has 0 aliphatic carbocycles. The van der Waals surface area contributed by atoms with E-state index in [1.807, 2.05) is 6.07 Å². The van der Waals surface area contributed by atoms with Crippen LogP contribution in [0.2, 0.25) is 0 Å². The third kappa shape index (κ3) is 4.33. The highest BCUT2D eigenvalue weighted by Crippen LogP contribution is 2.33. The van der Waals surface area contributed by atoms with E-state index in [2.05, 4.69) is 47.2 Å². The SMILES string of the molecule is Cc1ccc(C)c(Sc2ncccc2C(=O)N2CCO[C@H](c3noc(C)n3)C2)c1. The van der Waals surface area contributed by atoms with Crippen molar-refractivity contribution in [2.75, 3.05) is 19.7 Å². The van der Waals surface area contributed by atoms with E-state index in [9.17, 15) is 4.79 Å². The second-order valence-electron chi connectivity index (χ2n) is 7.01. The Kier molecular flexibility index (Phi) is 5.64. The lowest BCUT2D eigenvalue weighted by atomic mass is 10.2. The van der Waals surface area contributed by atoms with E-state index >= 15 is 0 Å². The number of aryl methyl sites for hydroxylation is 3. The Bertz CT molecular complexity index is 1040. The number of hydrogen-bond acceptors (Lipinski definition) is 7. The minimum atomic E-state index is -0.392. The van der Waals surface area contributed by atoms with Crippen LogP contribution in [-0.2, 0) is 4.74 Å². The number of ether oxygens (including phenoxy) is 1. The highest BCUT2D eigenvalue weighted by molar-refractivity contribution is 7.99. The highest BCUT2D eigenvalue weighted by Gasteiger charge is 2.30. The molecule has 0 spiro atoms. The highest BCUT2D eigenvalue weighted by atomic mass is 32.2. The normalized spacial score (nSPS) is 16.8. The van der Waals surface area contributed by atoms with Crippen LogP contribution in [0.4, 0.5) is 0 Å². The Morgan fingerprint density at radius 2 is 2.10 bits per heavy atom. The van der Waals surface area contributed by atoms with Gasteiger partial charge >= 0.3 is 0 Å². The van der Waals surface area contributed by atoms with Crippen LogP contribution in [-0.4, -0.2) is 45.6 Å². The number of rotatable bonds is 4. The number of morpholine rings is 1. The van der Waals surface area contributed by atoms with Crippen molar-refractivity contribution in [2.45, 2.75) is 36.8 Å². The van der Waals surface area contributed by atoms with Crippen molar-refractivity contribution >= 4 is 17.7 Å². The number of pyridine rings is 1. The summed E-state index contributed by atoms with van der Waals surface area (Å²) in [7, 11) is 0. The van der Waals surface area contributed by atoms with Crippen molar-refractivity contribution < 1.29 is 14.1 Å². The van der Waals surface area contributed by atoms with Crippen LogP contribution in [0.25, 0.3) is 0 Å². The molecule has 7 nitrogen and oxygen atoms in total. The summed E-state index contributed by atoms with van der Waals surface area (Å²) in [6.07, 6.45) is 1.32. The number of carbonyl (C=O) groups is 1. The number of benzene rings is 1. The molecule has 150 valence electrons. The maximum Gasteiger partial charge on any atom is 0.256 e. The fourth-order valence-corrected chi connectivity index (χ4v) is 4.22. The van der Waals surface area contributed by atoms with E-state index in [1.54, 1.807) is 24.1 Å². The van der Waals surface area contributed by atoms with E-state index in [4.69, 9.17) is 9.26 Å². The van der Waals surface area contributed by atoms with Gasteiger partial charge in [0.15, 0.2) is 0 Å². The smallest absolute Gasteiger partial charge is 0.256 e. The molecule has 1 fully saturated rings. The number of amides is 1. The Balaban J connectivity index is 1.56. The van der Waals surface area contributed by atoms with E-state index in [1.165, 1.54) is 17.3 Å². The predicted molar refractivity (Wildman–Crippen MR) is 108 cm³/mol. The van der Waals surface area contributed by atoms with Gasteiger partial charge in [0.05, 0.1) is 18.7 Å². The van der Waals surface area contributed by atoms with Crippen LogP contribution in [0, 0.1) is 20.8 Å². The number of nitrogens with zero attached hydrogens (tertiary/aromatic N) is 4. The molecule has 0 saturated carbocycles. The first kappa shape index (κ1) is 19.6. The zero-order valence-corrected chi connectivity index (χ0v) is 17.4. The van der Waals surface area contributed by atoms with Crippen molar-refractivity contribution in [3.63, 3.8) is 0 Å². The Morgan fingerprint density at radius 1 is 1.24 bits per heavy atom. The van der Waals surface area contributed by atoms with Gasteiger partial charge in [0.25, 0.3) is 5.91 Å². The van der Waals surface area contributed by atoms with Crippen molar-refractivity contribution in [1.82, 2.24) is 20.0 Å². The monoisotopic (exact) mass is 410 g/mol. The first-order valence-electron chi connectivity index (χ1n) is 9.42. The van der Waals surface area contributed by atoms with Gasteiger partial charge in [-0.3, -0.25) is 4.79 Å². The molecule has 0 unspecified atom stereocenters. The molecule has 29 heavy (non-hydrogen) atoms. The molecule has 1 amide bonds. The molecule has 1 aliphatic rings. The molecule has 0 radical (unpaired) electrons. The first-order chi connectivity index (χ1) is 14.0. The van der Waals surface area contributed by atoms with Gasteiger partial charge in [0.1, 0.15) is 11.1 Å². The molecule has 1 aliphatic heterocycles. The molecule has 2 aromatic heterocycles. The average Bonchev–Trinajstić information content (AvgIpc) is 3.17. The first-order valence-corrected chi connectivity index (χ1v) is 10.2. The minimum absolute atomic E-state index is 0.0700. The molecule has 0 N–H and O–H groups in total. The summed E-state index contributed by atoms with van der Waals surface area (Å²) in [6, 6.07) is 9.90. The third-order valence-electron chi connectivity index (χ3n) is 4.74. The summed E-state index contributed by atoms with van der Waals surface area (Å²) in [5, 5.41) is 4.63. The van der Waals surface area contributed by atoms with Gasteiger partial charge in [0, 0.05) is 24.6 Å². The Morgan fingerprint density at radius 3 is 2.90 bits per heavy atom. The molecule has 3 aromatic rings. The summed E-state index contributed by atoms with van der Waals surface area (Å²) >= 11 is 1.52. The molecular formula is C21H22N4O3S. The average molecular weight is 410 g/mol. The topological polar surface area (TPSA) is 81.4 Å². The molecule has 3 heterocycles. The number of aromatic nitrogens is 3. The van der Waals surface area contributed by atoms with Crippen molar-refractivity contribution in [2.24, 2.45) is 0 Å². The van der Waals surface area contributed by atoms with Gasteiger partial charge in [0.2, 0.25) is 11.7 Å². The molecular weight excluding hydrogens is 388 g/mol. The number of hydrogen-bond donors (Lipinski definition) is 0. The maximum absolute atomic E-state index is 13.3. The van der Waals surface area contributed by atoms with Crippen LogP contribution in [0.1, 0.15) is 39.3 Å². The third-order valence-corrected chi connectivity index (χ3v) is 5.92. The fraction of sp³-hybridized carbons (Fsp3) is 0.333. The van der Waals surface area contributed by atoms with Crippen molar-refractivity contribution in [3.8, 4) is 0 Å². The zero-order chi connectivity index (χ0) is 20.4. The van der Waals surface area contributed by atoms with E-state index in [0.717, 1.165) is 10.5 Å². The second-order valence-corrected chi connectivity index (χ2v) is 8.04. The molecule has 1 saturated heterocycles. The maximum atomic E-state index is 13.3. The van der Waals surface area contributed by atoms with Crippen LogP contribution < -0.4 is 0 Å². The standard InChI is InChI=1S/C21H22N4O3S/c1-13-6-7-14(2)18(11-13)29-20-16(5-4-8-22-20)21(26)25-9-10-27-17(12-25)19-23-15(3)28-24-19/h4-8,11,17H,9-10,12H2,1-3H3/t17-/m0/s1. The van der Waals surface area contributed by atoms with Crippen molar-refractivity contribution in [1.29, 1.82) is 0 Å².